The fourth-order valence-corrected chi connectivity index (χ4v) is 4.35. The number of phenols is 1. The Morgan fingerprint density at radius 2 is 1.86 bits per heavy atom. The molecule has 0 unspecified atom stereocenters. The molecule has 8 heteroatoms. The van der Waals surface area contributed by atoms with Crippen LogP contribution in [0.1, 0.15) is 24.3 Å². The third kappa shape index (κ3) is 4.36. The highest BCUT2D eigenvalue weighted by molar-refractivity contribution is 6.31. The zero-order valence-corrected chi connectivity index (χ0v) is 17.2. The molecule has 1 saturated carbocycles. The second kappa shape index (κ2) is 8.24. The van der Waals surface area contributed by atoms with Crippen molar-refractivity contribution in [2.75, 3.05) is 51.1 Å². The van der Waals surface area contributed by atoms with E-state index in [4.69, 9.17) is 11.6 Å². The Hall–Kier alpha value is -2.25. The molecule has 4 rings (SSSR count). The smallest absolute Gasteiger partial charge is 0.246 e. The Kier molecular flexibility index (Phi) is 5.69. The average Bonchev–Trinajstić information content (AvgIpc) is 3.51. The third-order valence-corrected chi connectivity index (χ3v) is 6.42. The highest BCUT2D eigenvalue weighted by atomic mass is 35.5. The predicted molar refractivity (Wildman–Crippen MR) is 112 cm³/mol. The maximum atomic E-state index is 12.6. The number of likely N-dealkylation sites (tertiary alicyclic amines) is 1. The van der Waals surface area contributed by atoms with Gasteiger partial charge in [-0.1, -0.05) is 18.2 Å². The molecule has 1 aliphatic carbocycles. The van der Waals surface area contributed by atoms with Crippen LogP contribution in [0.4, 0.5) is 5.69 Å². The van der Waals surface area contributed by atoms with Gasteiger partial charge in [-0.25, -0.2) is 0 Å². The van der Waals surface area contributed by atoms with Crippen molar-refractivity contribution in [3.8, 4) is 5.75 Å². The number of benzene rings is 1. The van der Waals surface area contributed by atoms with E-state index >= 15 is 0 Å². The molecule has 3 aliphatic rings. The molecular formula is C21H27ClN4O3. The van der Waals surface area contributed by atoms with Crippen LogP contribution < -0.4 is 5.32 Å². The first-order valence-corrected chi connectivity index (χ1v) is 10.5. The van der Waals surface area contributed by atoms with Crippen molar-refractivity contribution in [3.05, 3.63) is 35.4 Å². The van der Waals surface area contributed by atoms with Crippen LogP contribution in [-0.2, 0) is 9.59 Å². The van der Waals surface area contributed by atoms with Crippen LogP contribution in [0.5, 0.6) is 5.75 Å². The molecule has 0 atom stereocenters. The molecule has 29 heavy (non-hydrogen) atoms. The number of halogens is 1. The van der Waals surface area contributed by atoms with Crippen molar-refractivity contribution in [3.63, 3.8) is 0 Å². The average molecular weight is 419 g/mol. The predicted octanol–water partition coefficient (Wildman–Crippen LogP) is 1.88. The van der Waals surface area contributed by atoms with Crippen LogP contribution in [0.15, 0.2) is 24.8 Å². The van der Waals surface area contributed by atoms with Gasteiger partial charge in [-0.15, -0.1) is 0 Å². The van der Waals surface area contributed by atoms with E-state index < -0.39 is 0 Å². The second-order valence-electron chi connectivity index (χ2n) is 8.04. The van der Waals surface area contributed by atoms with E-state index in [0.717, 1.165) is 44.6 Å². The maximum absolute atomic E-state index is 12.6. The first kappa shape index (κ1) is 20.0. The van der Waals surface area contributed by atoms with E-state index in [1.807, 2.05) is 11.0 Å². The lowest BCUT2D eigenvalue weighted by atomic mass is 10.1. The summed E-state index contributed by atoms with van der Waals surface area (Å²) in [5.41, 5.74) is 1.60. The number of amides is 2. The van der Waals surface area contributed by atoms with Gasteiger partial charge in [-0.05, 0) is 36.5 Å². The molecular weight excluding hydrogens is 392 g/mol. The molecule has 7 nitrogen and oxygen atoms in total. The van der Waals surface area contributed by atoms with E-state index in [2.05, 4.69) is 16.8 Å². The Morgan fingerprint density at radius 3 is 2.48 bits per heavy atom. The number of carbonyl (C=O) groups excluding carboxylic acids is 2. The highest BCUT2D eigenvalue weighted by Gasteiger charge is 2.35. The number of aromatic hydroxyl groups is 1. The van der Waals surface area contributed by atoms with Crippen molar-refractivity contribution in [2.45, 2.75) is 24.8 Å². The van der Waals surface area contributed by atoms with Crippen molar-refractivity contribution in [1.82, 2.24) is 14.7 Å². The Labute approximate surface area is 175 Å². The van der Waals surface area contributed by atoms with Crippen LogP contribution in [-0.4, -0.2) is 83.5 Å². The minimum absolute atomic E-state index is 0.0172. The molecule has 2 saturated heterocycles. The highest BCUT2D eigenvalue weighted by Crippen LogP contribution is 2.45. The van der Waals surface area contributed by atoms with E-state index in [1.54, 1.807) is 11.0 Å². The van der Waals surface area contributed by atoms with E-state index in [-0.39, 0.29) is 24.1 Å². The summed E-state index contributed by atoms with van der Waals surface area (Å²) in [6.07, 6.45) is 3.59. The van der Waals surface area contributed by atoms with Gasteiger partial charge in [0, 0.05) is 56.4 Å². The lowest BCUT2D eigenvalue weighted by molar-refractivity contribution is -0.135. The molecule has 2 N–H and O–H groups in total. The van der Waals surface area contributed by atoms with Crippen LogP contribution in [0, 0.1) is 0 Å². The van der Waals surface area contributed by atoms with Gasteiger partial charge in [0.15, 0.2) is 0 Å². The third-order valence-electron chi connectivity index (χ3n) is 6.09. The Morgan fingerprint density at radius 1 is 1.17 bits per heavy atom. The van der Waals surface area contributed by atoms with Crippen molar-refractivity contribution >= 4 is 29.1 Å². The van der Waals surface area contributed by atoms with Gasteiger partial charge in [0.1, 0.15) is 5.75 Å². The van der Waals surface area contributed by atoms with Crippen molar-refractivity contribution < 1.29 is 14.7 Å². The lowest BCUT2D eigenvalue weighted by Gasteiger charge is -2.47. The largest absolute Gasteiger partial charge is 0.506 e. The topological polar surface area (TPSA) is 76.1 Å². The van der Waals surface area contributed by atoms with Crippen molar-refractivity contribution in [2.24, 2.45) is 0 Å². The number of rotatable bonds is 6. The number of nitrogens with one attached hydrogen (secondary N) is 1. The minimum Gasteiger partial charge on any atom is -0.506 e. The van der Waals surface area contributed by atoms with Crippen LogP contribution in [0.3, 0.4) is 0 Å². The molecule has 2 heterocycles. The van der Waals surface area contributed by atoms with Gasteiger partial charge in [-0.2, -0.15) is 0 Å². The quantitative estimate of drug-likeness (QED) is 0.545. The minimum atomic E-state index is -0.0172. The van der Waals surface area contributed by atoms with E-state index in [0.29, 0.717) is 35.8 Å². The summed E-state index contributed by atoms with van der Waals surface area (Å²) in [6, 6.07) is 3.80. The SMILES string of the molecule is C=CC(=O)N1CC(N2CCN(C(=O)CNc3cc(C4CC4)c(Cl)cc3O)CC2)C1. The lowest BCUT2D eigenvalue weighted by Crippen LogP contribution is -2.64. The molecule has 156 valence electrons. The summed E-state index contributed by atoms with van der Waals surface area (Å²) in [5, 5.41) is 13.8. The number of phenolic OH excluding ortho intramolecular Hbond substituents is 1. The molecule has 1 aromatic carbocycles. The fraction of sp³-hybridized carbons (Fsp3) is 0.524. The Bertz CT molecular complexity index is 812. The summed E-state index contributed by atoms with van der Waals surface area (Å²) in [5.74, 6) is 0.540. The van der Waals surface area contributed by atoms with E-state index in [1.165, 1.54) is 6.08 Å². The maximum Gasteiger partial charge on any atom is 0.246 e. The molecule has 0 radical (unpaired) electrons. The first-order chi connectivity index (χ1) is 14.0. The van der Waals surface area contributed by atoms with Crippen LogP contribution in [0.25, 0.3) is 0 Å². The monoisotopic (exact) mass is 418 g/mol. The summed E-state index contributed by atoms with van der Waals surface area (Å²) < 4.78 is 0. The number of carbonyl (C=O) groups is 2. The van der Waals surface area contributed by atoms with Gasteiger partial charge < -0.3 is 20.2 Å². The van der Waals surface area contributed by atoms with Gasteiger partial charge in [0.25, 0.3) is 0 Å². The summed E-state index contributed by atoms with van der Waals surface area (Å²) >= 11 is 6.22. The summed E-state index contributed by atoms with van der Waals surface area (Å²) in [4.78, 5) is 30.1. The molecule has 2 aliphatic heterocycles. The molecule has 0 aromatic heterocycles. The molecule has 1 aromatic rings. The van der Waals surface area contributed by atoms with Gasteiger partial charge >= 0.3 is 0 Å². The number of nitrogens with zero attached hydrogens (tertiary/aromatic N) is 3. The molecule has 0 spiro atoms. The molecule has 3 fully saturated rings. The molecule has 0 bridgehead atoms. The van der Waals surface area contributed by atoms with E-state index in [9.17, 15) is 14.7 Å². The number of piperazine rings is 1. The standard InChI is InChI=1S/C21H27ClN4O3/c1-2-20(28)26-12-15(13-26)24-5-7-25(8-6-24)21(29)11-23-18-9-16(14-3-4-14)17(22)10-19(18)27/h2,9-10,14-15,23,27H,1,3-8,11-13H2. The number of hydrogen-bond donors (Lipinski definition) is 2. The summed E-state index contributed by atoms with van der Waals surface area (Å²) in [6.45, 7) is 8.10. The first-order valence-electron chi connectivity index (χ1n) is 10.2. The van der Waals surface area contributed by atoms with Crippen molar-refractivity contribution in [1.29, 1.82) is 0 Å². The zero-order chi connectivity index (χ0) is 20.5. The molecule has 2 amide bonds. The number of anilines is 1. The number of hydrogen-bond acceptors (Lipinski definition) is 5. The second-order valence-corrected chi connectivity index (χ2v) is 8.44. The summed E-state index contributed by atoms with van der Waals surface area (Å²) in [7, 11) is 0. The van der Waals surface area contributed by atoms with Gasteiger partial charge in [0.05, 0.1) is 12.2 Å². The van der Waals surface area contributed by atoms with Crippen LogP contribution >= 0.6 is 11.6 Å². The fourth-order valence-electron chi connectivity index (χ4n) is 4.04. The zero-order valence-electron chi connectivity index (χ0n) is 16.4. The normalized spacial score (nSPS) is 20.3. The van der Waals surface area contributed by atoms with Gasteiger partial charge in [0.2, 0.25) is 11.8 Å². The van der Waals surface area contributed by atoms with Crippen LogP contribution in [0.2, 0.25) is 5.02 Å². The van der Waals surface area contributed by atoms with Gasteiger partial charge in [-0.3, -0.25) is 14.5 Å². The Balaban J connectivity index is 1.24.